The first-order valence-corrected chi connectivity index (χ1v) is 6.91. The molecule has 1 heterocycles. The van der Waals surface area contributed by atoms with Gasteiger partial charge in [-0.05, 0) is 25.3 Å². The molecule has 0 radical (unpaired) electrons. The number of nitro benzene ring substituents is 1. The number of halogens is 1. The van der Waals surface area contributed by atoms with Crippen LogP contribution in [0.25, 0.3) is 0 Å². The molecule has 1 aliphatic rings. The molecule has 0 aromatic heterocycles. The van der Waals surface area contributed by atoms with Crippen LogP contribution in [0.2, 0.25) is 5.02 Å². The van der Waals surface area contributed by atoms with E-state index in [9.17, 15) is 14.9 Å². The Labute approximate surface area is 121 Å². The lowest BCUT2D eigenvalue weighted by Gasteiger charge is -2.27. The number of anilines is 1. The molecule has 1 aromatic rings. The predicted molar refractivity (Wildman–Crippen MR) is 77.0 cm³/mol. The topological polar surface area (TPSA) is 75.5 Å². The average Bonchev–Trinajstić information content (AvgIpc) is 2.46. The fourth-order valence-corrected chi connectivity index (χ4v) is 2.43. The van der Waals surface area contributed by atoms with Crippen LogP contribution in [-0.4, -0.2) is 35.4 Å². The molecular weight excluding hydrogens is 282 g/mol. The summed E-state index contributed by atoms with van der Waals surface area (Å²) in [6.07, 6.45) is 3.26. The third-order valence-electron chi connectivity index (χ3n) is 3.30. The Morgan fingerprint density at radius 3 is 2.65 bits per heavy atom. The molecule has 7 heteroatoms. The summed E-state index contributed by atoms with van der Waals surface area (Å²) in [6.45, 7) is 1.75. The molecule has 1 aromatic carbocycles. The minimum Gasteiger partial charge on any atom is -0.375 e. The molecule has 0 aliphatic carbocycles. The molecule has 2 rings (SSSR count). The highest BCUT2D eigenvalue weighted by atomic mass is 35.5. The third-order valence-corrected chi connectivity index (χ3v) is 3.62. The van der Waals surface area contributed by atoms with Crippen molar-refractivity contribution >= 4 is 28.9 Å². The van der Waals surface area contributed by atoms with E-state index in [2.05, 4.69) is 5.32 Å². The average molecular weight is 298 g/mol. The number of benzene rings is 1. The highest BCUT2D eigenvalue weighted by Crippen LogP contribution is 2.26. The summed E-state index contributed by atoms with van der Waals surface area (Å²) >= 11 is 5.95. The lowest BCUT2D eigenvalue weighted by molar-refractivity contribution is -0.384. The van der Waals surface area contributed by atoms with Gasteiger partial charge in [0.15, 0.2) is 0 Å². The van der Waals surface area contributed by atoms with Crippen LogP contribution in [0, 0.1) is 10.1 Å². The first-order valence-electron chi connectivity index (χ1n) is 6.53. The second-order valence-electron chi connectivity index (χ2n) is 4.72. The van der Waals surface area contributed by atoms with E-state index in [0.717, 1.165) is 25.9 Å². The van der Waals surface area contributed by atoms with E-state index in [4.69, 9.17) is 11.6 Å². The lowest BCUT2D eigenvalue weighted by atomic mass is 10.1. The Bertz CT molecular complexity index is 516. The Hall–Kier alpha value is -1.82. The van der Waals surface area contributed by atoms with Gasteiger partial charge in [-0.25, -0.2) is 0 Å². The molecule has 0 saturated carbocycles. The quantitative estimate of drug-likeness (QED) is 0.685. The number of piperidine rings is 1. The zero-order valence-electron chi connectivity index (χ0n) is 11.0. The molecule has 0 bridgehead atoms. The highest BCUT2D eigenvalue weighted by molar-refractivity contribution is 6.33. The lowest BCUT2D eigenvalue weighted by Crippen LogP contribution is -2.39. The third kappa shape index (κ3) is 3.60. The number of hydrogen-bond donors (Lipinski definition) is 1. The fourth-order valence-electron chi connectivity index (χ4n) is 2.19. The summed E-state index contributed by atoms with van der Waals surface area (Å²) in [7, 11) is 0. The number of hydrogen-bond acceptors (Lipinski definition) is 4. The Morgan fingerprint density at radius 2 is 2.05 bits per heavy atom. The molecule has 1 amide bonds. The van der Waals surface area contributed by atoms with Crippen molar-refractivity contribution in [3.05, 3.63) is 33.3 Å². The Kier molecular flexibility index (Phi) is 4.79. The summed E-state index contributed by atoms with van der Waals surface area (Å²) in [6, 6.07) is 4.15. The van der Waals surface area contributed by atoms with Gasteiger partial charge >= 0.3 is 0 Å². The van der Waals surface area contributed by atoms with Gasteiger partial charge in [0.05, 0.1) is 22.2 Å². The zero-order valence-corrected chi connectivity index (χ0v) is 11.7. The Balaban J connectivity index is 1.93. The van der Waals surface area contributed by atoms with E-state index in [1.165, 1.54) is 24.6 Å². The number of likely N-dealkylation sites (tertiary alicyclic amines) is 1. The molecule has 0 atom stereocenters. The molecule has 0 spiro atoms. The van der Waals surface area contributed by atoms with Crippen LogP contribution in [-0.2, 0) is 4.79 Å². The van der Waals surface area contributed by atoms with Crippen molar-refractivity contribution in [3.63, 3.8) is 0 Å². The van der Waals surface area contributed by atoms with Crippen LogP contribution in [0.1, 0.15) is 19.3 Å². The highest BCUT2D eigenvalue weighted by Gasteiger charge is 2.16. The normalized spacial score (nSPS) is 14.9. The van der Waals surface area contributed by atoms with Gasteiger partial charge < -0.3 is 10.2 Å². The Morgan fingerprint density at radius 1 is 1.35 bits per heavy atom. The number of carbonyl (C=O) groups is 1. The molecule has 1 N–H and O–H groups in total. The van der Waals surface area contributed by atoms with Gasteiger partial charge in [0.1, 0.15) is 0 Å². The fraction of sp³-hybridized carbons (Fsp3) is 0.462. The van der Waals surface area contributed by atoms with E-state index in [-0.39, 0.29) is 23.2 Å². The number of carbonyl (C=O) groups excluding carboxylic acids is 1. The molecule has 1 fully saturated rings. The van der Waals surface area contributed by atoms with Gasteiger partial charge in [0.2, 0.25) is 5.91 Å². The van der Waals surface area contributed by atoms with Crippen molar-refractivity contribution in [1.82, 2.24) is 4.90 Å². The minimum atomic E-state index is -0.505. The van der Waals surface area contributed by atoms with Gasteiger partial charge in [0, 0.05) is 25.2 Å². The van der Waals surface area contributed by atoms with E-state index in [1.54, 1.807) is 0 Å². The first-order chi connectivity index (χ1) is 9.58. The molecule has 1 saturated heterocycles. The monoisotopic (exact) mass is 297 g/mol. The van der Waals surface area contributed by atoms with Gasteiger partial charge in [-0.15, -0.1) is 0 Å². The smallest absolute Gasteiger partial charge is 0.271 e. The summed E-state index contributed by atoms with van der Waals surface area (Å²) < 4.78 is 0. The first kappa shape index (κ1) is 14.6. The summed E-state index contributed by atoms with van der Waals surface area (Å²) in [4.78, 5) is 23.9. The number of amides is 1. The number of nitrogens with one attached hydrogen (secondary N) is 1. The molecular formula is C13H16ClN3O3. The molecule has 0 unspecified atom stereocenters. The van der Waals surface area contributed by atoms with E-state index in [0.29, 0.717) is 5.69 Å². The number of nitrogens with zero attached hydrogens (tertiary/aromatic N) is 2. The number of rotatable bonds is 4. The second kappa shape index (κ2) is 6.56. The molecule has 1 aliphatic heterocycles. The van der Waals surface area contributed by atoms with E-state index >= 15 is 0 Å². The van der Waals surface area contributed by atoms with Crippen molar-refractivity contribution in [2.45, 2.75) is 19.3 Å². The van der Waals surface area contributed by atoms with Gasteiger partial charge in [0.25, 0.3) is 5.69 Å². The maximum atomic E-state index is 12.0. The SMILES string of the molecule is O=C(CNc1ccc([N+](=O)[O-])cc1Cl)N1CCCCC1. The van der Waals surface area contributed by atoms with Crippen LogP contribution < -0.4 is 5.32 Å². The number of non-ortho nitro benzene ring substituents is 1. The van der Waals surface area contributed by atoms with Crippen LogP contribution in [0.15, 0.2) is 18.2 Å². The van der Waals surface area contributed by atoms with E-state index in [1.807, 2.05) is 4.90 Å². The molecule has 6 nitrogen and oxygen atoms in total. The van der Waals surface area contributed by atoms with Crippen molar-refractivity contribution < 1.29 is 9.72 Å². The van der Waals surface area contributed by atoms with Crippen LogP contribution in [0.3, 0.4) is 0 Å². The predicted octanol–water partition coefficient (Wildman–Crippen LogP) is 2.67. The van der Waals surface area contributed by atoms with Gasteiger partial charge in [-0.1, -0.05) is 11.6 Å². The van der Waals surface area contributed by atoms with Crippen molar-refractivity contribution in [3.8, 4) is 0 Å². The van der Waals surface area contributed by atoms with E-state index < -0.39 is 4.92 Å². The van der Waals surface area contributed by atoms with Crippen LogP contribution >= 0.6 is 11.6 Å². The summed E-state index contributed by atoms with van der Waals surface area (Å²) in [5.41, 5.74) is 0.463. The molecule has 20 heavy (non-hydrogen) atoms. The number of nitro groups is 1. The van der Waals surface area contributed by atoms with Crippen molar-refractivity contribution in [1.29, 1.82) is 0 Å². The van der Waals surface area contributed by atoms with Crippen LogP contribution in [0.4, 0.5) is 11.4 Å². The standard InChI is InChI=1S/C13H16ClN3O3/c14-11-8-10(17(19)20)4-5-12(11)15-9-13(18)16-6-2-1-3-7-16/h4-5,8,15H,1-3,6-7,9H2. The van der Waals surface area contributed by atoms with Gasteiger partial charge in [-0.2, -0.15) is 0 Å². The largest absolute Gasteiger partial charge is 0.375 e. The zero-order chi connectivity index (χ0) is 14.5. The maximum absolute atomic E-state index is 12.0. The second-order valence-corrected chi connectivity index (χ2v) is 5.12. The maximum Gasteiger partial charge on any atom is 0.271 e. The van der Waals surface area contributed by atoms with Crippen molar-refractivity contribution in [2.75, 3.05) is 25.0 Å². The molecule has 108 valence electrons. The van der Waals surface area contributed by atoms with Crippen LogP contribution in [0.5, 0.6) is 0 Å². The minimum absolute atomic E-state index is 0.0270. The van der Waals surface area contributed by atoms with Gasteiger partial charge in [-0.3, -0.25) is 14.9 Å². The summed E-state index contributed by atoms with van der Waals surface area (Å²) in [5, 5.41) is 13.8. The van der Waals surface area contributed by atoms with Crippen molar-refractivity contribution in [2.24, 2.45) is 0 Å². The summed E-state index contributed by atoms with van der Waals surface area (Å²) in [5.74, 6) is 0.0270.